The first-order valence-corrected chi connectivity index (χ1v) is 6.44. The monoisotopic (exact) mass is 265 g/mol. The van der Waals surface area contributed by atoms with E-state index in [1.165, 1.54) is 0 Å². The molecule has 20 heavy (non-hydrogen) atoms. The lowest BCUT2D eigenvalue weighted by Gasteiger charge is -2.14. The van der Waals surface area contributed by atoms with Gasteiger partial charge < -0.3 is 9.84 Å². The molecule has 3 nitrogen and oxygen atoms in total. The summed E-state index contributed by atoms with van der Waals surface area (Å²) in [5.41, 5.74) is 1.66. The van der Waals surface area contributed by atoms with Gasteiger partial charge in [-0.05, 0) is 34.7 Å². The average molecular weight is 265 g/mol. The van der Waals surface area contributed by atoms with Gasteiger partial charge >= 0.3 is 0 Å². The van der Waals surface area contributed by atoms with Crippen LogP contribution in [0.15, 0.2) is 60.9 Å². The number of ether oxygens (including phenoxy) is 1. The summed E-state index contributed by atoms with van der Waals surface area (Å²) < 4.78 is 5.20. The van der Waals surface area contributed by atoms with E-state index in [0.29, 0.717) is 0 Å². The van der Waals surface area contributed by atoms with Gasteiger partial charge in [-0.25, -0.2) is 0 Å². The molecule has 0 saturated heterocycles. The molecule has 0 fully saturated rings. The molecule has 1 aromatic heterocycles. The van der Waals surface area contributed by atoms with Crippen LogP contribution in [0, 0.1) is 0 Å². The van der Waals surface area contributed by atoms with Crippen molar-refractivity contribution in [2.75, 3.05) is 7.11 Å². The van der Waals surface area contributed by atoms with E-state index in [1.807, 2.05) is 48.5 Å². The standard InChI is InChI=1S/C17H15NO2/c1-20-14-6-2-5-13(10-14)17(19)15-7-3-4-12-8-9-18-11-16(12)15/h2-11,17,19H,1H3. The molecule has 100 valence electrons. The highest BCUT2D eigenvalue weighted by Crippen LogP contribution is 2.29. The predicted molar refractivity (Wildman–Crippen MR) is 78.8 cm³/mol. The van der Waals surface area contributed by atoms with Crippen LogP contribution in [0.4, 0.5) is 0 Å². The molecule has 2 aromatic carbocycles. The molecule has 0 radical (unpaired) electrons. The maximum Gasteiger partial charge on any atom is 0.119 e. The number of benzene rings is 2. The van der Waals surface area contributed by atoms with Crippen molar-refractivity contribution in [3.05, 3.63) is 72.1 Å². The normalized spacial score (nSPS) is 12.3. The fraction of sp³-hybridized carbons (Fsp3) is 0.118. The molecule has 3 rings (SSSR count). The minimum atomic E-state index is -0.696. The second kappa shape index (κ2) is 5.31. The van der Waals surface area contributed by atoms with Crippen molar-refractivity contribution in [2.24, 2.45) is 0 Å². The largest absolute Gasteiger partial charge is 0.497 e. The first-order chi connectivity index (χ1) is 9.79. The Kier molecular flexibility index (Phi) is 3.35. The molecular formula is C17H15NO2. The molecule has 1 heterocycles. The van der Waals surface area contributed by atoms with Crippen molar-refractivity contribution < 1.29 is 9.84 Å². The van der Waals surface area contributed by atoms with E-state index in [-0.39, 0.29) is 0 Å². The number of pyridine rings is 1. The van der Waals surface area contributed by atoms with E-state index < -0.39 is 6.10 Å². The molecule has 0 saturated carbocycles. The summed E-state index contributed by atoms with van der Waals surface area (Å²) in [6, 6.07) is 15.3. The number of aromatic nitrogens is 1. The first kappa shape index (κ1) is 12.6. The topological polar surface area (TPSA) is 42.4 Å². The third-order valence-electron chi connectivity index (χ3n) is 3.42. The molecule has 3 heteroatoms. The Hall–Kier alpha value is -2.39. The molecule has 0 aliphatic carbocycles. The zero-order chi connectivity index (χ0) is 13.9. The number of fused-ring (bicyclic) bond motifs is 1. The Morgan fingerprint density at radius 1 is 1.10 bits per heavy atom. The summed E-state index contributed by atoms with van der Waals surface area (Å²) in [5.74, 6) is 0.736. The average Bonchev–Trinajstić information content (AvgIpc) is 2.53. The molecule has 0 amide bonds. The maximum absolute atomic E-state index is 10.6. The highest BCUT2D eigenvalue weighted by Gasteiger charge is 2.14. The van der Waals surface area contributed by atoms with Crippen LogP contribution in [0.1, 0.15) is 17.2 Å². The molecule has 0 bridgehead atoms. The number of methoxy groups -OCH3 is 1. The molecule has 0 aliphatic rings. The molecular weight excluding hydrogens is 250 g/mol. The van der Waals surface area contributed by atoms with Gasteiger partial charge in [-0.2, -0.15) is 0 Å². The number of rotatable bonds is 3. The Balaban J connectivity index is 2.10. The molecule has 1 unspecified atom stereocenters. The zero-order valence-corrected chi connectivity index (χ0v) is 11.2. The molecule has 3 aromatic rings. The SMILES string of the molecule is COc1cccc(C(O)c2cccc3ccncc23)c1. The van der Waals surface area contributed by atoms with Gasteiger partial charge in [0.15, 0.2) is 0 Å². The van der Waals surface area contributed by atoms with E-state index in [1.54, 1.807) is 19.5 Å². The fourth-order valence-corrected chi connectivity index (χ4v) is 2.37. The first-order valence-electron chi connectivity index (χ1n) is 6.44. The van der Waals surface area contributed by atoms with Gasteiger partial charge in [-0.3, -0.25) is 4.98 Å². The predicted octanol–water partition coefficient (Wildman–Crippen LogP) is 3.33. The quantitative estimate of drug-likeness (QED) is 0.790. The Morgan fingerprint density at radius 2 is 1.95 bits per heavy atom. The van der Waals surface area contributed by atoms with E-state index in [4.69, 9.17) is 4.74 Å². The lowest BCUT2D eigenvalue weighted by Crippen LogP contribution is -2.01. The van der Waals surface area contributed by atoms with Gasteiger partial charge in [0.1, 0.15) is 11.9 Å². The zero-order valence-electron chi connectivity index (χ0n) is 11.2. The molecule has 1 N–H and O–H groups in total. The van der Waals surface area contributed by atoms with Gasteiger partial charge in [-0.1, -0.05) is 30.3 Å². The highest BCUT2D eigenvalue weighted by atomic mass is 16.5. The number of aliphatic hydroxyl groups is 1. The van der Waals surface area contributed by atoms with Gasteiger partial charge in [0.2, 0.25) is 0 Å². The minimum absolute atomic E-state index is 0.696. The molecule has 0 aliphatic heterocycles. The smallest absolute Gasteiger partial charge is 0.119 e. The fourth-order valence-electron chi connectivity index (χ4n) is 2.37. The Morgan fingerprint density at radius 3 is 2.80 bits per heavy atom. The van der Waals surface area contributed by atoms with Crippen LogP contribution in [-0.2, 0) is 0 Å². The van der Waals surface area contributed by atoms with E-state index in [9.17, 15) is 5.11 Å². The van der Waals surface area contributed by atoms with Crippen molar-refractivity contribution >= 4 is 10.8 Å². The number of hydrogen-bond acceptors (Lipinski definition) is 3. The third-order valence-corrected chi connectivity index (χ3v) is 3.42. The summed E-state index contributed by atoms with van der Waals surface area (Å²) in [6.07, 6.45) is 2.84. The van der Waals surface area contributed by atoms with Crippen LogP contribution in [0.2, 0.25) is 0 Å². The van der Waals surface area contributed by atoms with Crippen molar-refractivity contribution in [2.45, 2.75) is 6.10 Å². The lowest BCUT2D eigenvalue weighted by atomic mass is 9.97. The van der Waals surface area contributed by atoms with Crippen molar-refractivity contribution in [3.63, 3.8) is 0 Å². The Bertz CT molecular complexity index is 734. The van der Waals surface area contributed by atoms with E-state index >= 15 is 0 Å². The van der Waals surface area contributed by atoms with Crippen LogP contribution in [0.25, 0.3) is 10.8 Å². The molecule has 1 atom stereocenters. The summed E-state index contributed by atoms with van der Waals surface area (Å²) in [6.45, 7) is 0. The third kappa shape index (κ3) is 2.24. The Labute approximate surface area is 117 Å². The molecule has 0 spiro atoms. The summed E-state index contributed by atoms with van der Waals surface area (Å²) in [7, 11) is 1.62. The van der Waals surface area contributed by atoms with E-state index in [2.05, 4.69) is 4.98 Å². The number of nitrogens with zero attached hydrogens (tertiary/aromatic N) is 1. The van der Waals surface area contributed by atoms with Crippen molar-refractivity contribution in [3.8, 4) is 5.75 Å². The summed E-state index contributed by atoms with van der Waals surface area (Å²) in [5, 5.41) is 12.7. The number of hydrogen-bond donors (Lipinski definition) is 1. The highest BCUT2D eigenvalue weighted by molar-refractivity contribution is 5.85. The van der Waals surface area contributed by atoms with Crippen molar-refractivity contribution in [1.82, 2.24) is 4.98 Å². The van der Waals surface area contributed by atoms with Crippen molar-refractivity contribution in [1.29, 1.82) is 0 Å². The van der Waals surface area contributed by atoms with Gasteiger partial charge in [0.25, 0.3) is 0 Å². The lowest BCUT2D eigenvalue weighted by molar-refractivity contribution is 0.221. The summed E-state index contributed by atoms with van der Waals surface area (Å²) in [4.78, 5) is 4.15. The maximum atomic E-state index is 10.6. The second-order valence-electron chi connectivity index (χ2n) is 4.62. The van der Waals surface area contributed by atoms with Crippen LogP contribution in [0.5, 0.6) is 5.75 Å². The van der Waals surface area contributed by atoms with Crippen LogP contribution >= 0.6 is 0 Å². The van der Waals surface area contributed by atoms with Gasteiger partial charge in [-0.15, -0.1) is 0 Å². The van der Waals surface area contributed by atoms with Crippen LogP contribution in [-0.4, -0.2) is 17.2 Å². The van der Waals surface area contributed by atoms with Gasteiger partial charge in [0, 0.05) is 17.8 Å². The van der Waals surface area contributed by atoms with Crippen LogP contribution < -0.4 is 4.74 Å². The second-order valence-corrected chi connectivity index (χ2v) is 4.62. The number of aliphatic hydroxyl groups excluding tert-OH is 1. The summed E-state index contributed by atoms with van der Waals surface area (Å²) >= 11 is 0. The van der Waals surface area contributed by atoms with Crippen LogP contribution in [0.3, 0.4) is 0 Å². The van der Waals surface area contributed by atoms with Gasteiger partial charge in [0.05, 0.1) is 7.11 Å². The van der Waals surface area contributed by atoms with E-state index in [0.717, 1.165) is 27.6 Å². The minimum Gasteiger partial charge on any atom is -0.497 e.